The fraction of sp³-hybridized carbons (Fsp3) is 0.625. The Hall–Kier alpha value is -0.410. The van der Waals surface area contributed by atoms with E-state index in [9.17, 15) is 4.39 Å². The van der Waals surface area contributed by atoms with Crippen molar-refractivity contribution in [1.29, 1.82) is 0 Å². The van der Waals surface area contributed by atoms with Gasteiger partial charge in [0.25, 0.3) is 0 Å². The zero-order valence-electron chi connectivity index (χ0n) is 12.2. The molecule has 0 fully saturated rings. The van der Waals surface area contributed by atoms with Crippen LogP contribution in [0.5, 0.6) is 0 Å². The standard InChI is InChI=1S/C16H25BrFN/c1-4-6-7-12(5-2)16(19-3)11-13-10-14(18)8-9-15(13)17/h8-10,12,16,19H,4-7,11H2,1-3H3. The van der Waals surface area contributed by atoms with E-state index in [1.165, 1.54) is 31.7 Å². The largest absolute Gasteiger partial charge is 0.316 e. The number of halogens is 2. The number of hydrogen-bond donors (Lipinski definition) is 1. The molecule has 0 radical (unpaired) electrons. The van der Waals surface area contributed by atoms with Crippen LogP contribution in [0.1, 0.15) is 45.1 Å². The first-order valence-electron chi connectivity index (χ1n) is 7.23. The Balaban J connectivity index is 2.76. The van der Waals surface area contributed by atoms with Crippen molar-refractivity contribution in [3.05, 3.63) is 34.1 Å². The van der Waals surface area contributed by atoms with Crippen LogP contribution in [0.4, 0.5) is 4.39 Å². The zero-order valence-corrected chi connectivity index (χ0v) is 13.8. The van der Waals surface area contributed by atoms with Crippen LogP contribution in [0.2, 0.25) is 0 Å². The highest BCUT2D eigenvalue weighted by Gasteiger charge is 2.19. The third kappa shape index (κ3) is 5.23. The molecule has 0 aromatic heterocycles. The summed E-state index contributed by atoms with van der Waals surface area (Å²) in [6.45, 7) is 4.47. The average molecular weight is 330 g/mol. The van der Waals surface area contributed by atoms with Gasteiger partial charge in [0.1, 0.15) is 5.82 Å². The van der Waals surface area contributed by atoms with Crippen molar-refractivity contribution in [3.8, 4) is 0 Å². The highest BCUT2D eigenvalue weighted by atomic mass is 79.9. The molecule has 0 saturated carbocycles. The van der Waals surface area contributed by atoms with Gasteiger partial charge in [-0.05, 0) is 49.6 Å². The smallest absolute Gasteiger partial charge is 0.123 e. The van der Waals surface area contributed by atoms with Crippen molar-refractivity contribution in [2.45, 2.75) is 52.0 Å². The predicted molar refractivity (Wildman–Crippen MR) is 84.0 cm³/mol. The molecule has 1 aromatic rings. The summed E-state index contributed by atoms with van der Waals surface area (Å²) in [7, 11) is 2.01. The summed E-state index contributed by atoms with van der Waals surface area (Å²) in [6.07, 6.45) is 5.78. The minimum Gasteiger partial charge on any atom is -0.316 e. The molecule has 0 aliphatic carbocycles. The van der Waals surface area contributed by atoms with Crippen LogP contribution in [-0.4, -0.2) is 13.1 Å². The summed E-state index contributed by atoms with van der Waals surface area (Å²) >= 11 is 3.52. The molecule has 3 heteroatoms. The van der Waals surface area contributed by atoms with Gasteiger partial charge in [0.2, 0.25) is 0 Å². The van der Waals surface area contributed by atoms with E-state index in [-0.39, 0.29) is 5.82 Å². The lowest BCUT2D eigenvalue weighted by molar-refractivity contribution is 0.330. The first-order valence-corrected chi connectivity index (χ1v) is 8.02. The lowest BCUT2D eigenvalue weighted by Gasteiger charge is -2.26. The van der Waals surface area contributed by atoms with Crippen LogP contribution >= 0.6 is 15.9 Å². The van der Waals surface area contributed by atoms with Gasteiger partial charge in [-0.2, -0.15) is 0 Å². The zero-order chi connectivity index (χ0) is 14.3. The molecule has 2 atom stereocenters. The number of nitrogens with one attached hydrogen (secondary N) is 1. The molecule has 0 saturated heterocycles. The quantitative estimate of drug-likeness (QED) is 0.712. The van der Waals surface area contributed by atoms with Gasteiger partial charge >= 0.3 is 0 Å². The molecular formula is C16H25BrFN. The van der Waals surface area contributed by atoms with E-state index < -0.39 is 0 Å². The van der Waals surface area contributed by atoms with Gasteiger partial charge in [-0.1, -0.05) is 49.0 Å². The Labute approximate surface area is 125 Å². The van der Waals surface area contributed by atoms with Crippen LogP contribution in [0, 0.1) is 11.7 Å². The Morgan fingerprint density at radius 1 is 1.32 bits per heavy atom. The van der Waals surface area contributed by atoms with Crippen molar-refractivity contribution >= 4 is 15.9 Å². The van der Waals surface area contributed by atoms with Gasteiger partial charge in [0.05, 0.1) is 0 Å². The highest BCUT2D eigenvalue weighted by molar-refractivity contribution is 9.10. The molecule has 2 unspecified atom stereocenters. The van der Waals surface area contributed by atoms with Gasteiger partial charge in [0, 0.05) is 10.5 Å². The molecule has 0 aliphatic heterocycles. The van der Waals surface area contributed by atoms with Crippen molar-refractivity contribution in [1.82, 2.24) is 5.32 Å². The molecule has 1 nitrogen and oxygen atoms in total. The Morgan fingerprint density at radius 2 is 2.05 bits per heavy atom. The predicted octanol–water partition coefficient (Wildman–Crippen LogP) is 4.94. The summed E-state index contributed by atoms with van der Waals surface area (Å²) in [5.74, 6) is 0.495. The molecule has 0 heterocycles. The van der Waals surface area contributed by atoms with Crippen molar-refractivity contribution in [3.63, 3.8) is 0 Å². The third-order valence-corrected chi connectivity index (χ3v) is 4.61. The van der Waals surface area contributed by atoms with Crippen molar-refractivity contribution < 1.29 is 4.39 Å². The van der Waals surface area contributed by atoms with Gasteiger partial charge in [0.15, 0.2) is 0 Å². The summed E-state index contributed by atoms with van der Waals surface area (Å²) in [5.41, 5.74) is 1.05. The average Bonchev–Trinajstić information content (AvgIpc) is 2.41. The highest BCUT2D eigenvalue weighted by Crippen LogP contribution is 2.24. The molecule has 19 heavy (non-hydrogen) atoms. The molecule has 0 amide bonds. The van der Waals surface area contributed by atoms with E-state index >= 15 is 0 Å². The van der Waals surface area contributed by atoms with Crippen LogP contribution < -0.4 is 5.32 Å². The topological polar surface area (TPSA) is 12.0 Å². The lowest BCUT2D eigenvalue weighted by atomic mass is 9.87. The second-order valence-electron chi connectivity index (χ2n) is 5.15. The lowest BCUT2D eigenvalue weighted by Crippen LogP contribution is -2.35. The van der Waals surface area contributed by atoms with Crippen LogP contribution in [-0.2, 0) is 6.42 Å². The number of benzene rings is 1. The normalized spacial score (nSPS) is 14.4. The van der Waals surface area contributed by atoms with E-state index in [0.717, 1.165) is 16.5 Å². The first-order chi connectivity index (χ1) is 9.12. The van der Waals surface area contributed by atoms with Crippen LogP contribution in [0.25, 0.3) is 0 Å². The molecule has 0 bridgehead atoms. The Bertz CT molecular complexity index is 381. The monoisotopic (exact) mass is 329 g/mol. The molecule has 0 spiro atoms. The van der Waals surface area contributed by atoms with E-state index in [2.05, 4.69) is 35.1 Å². The van der Waals surface area contributed by atoms with Gasteiger partial charge in [-0.15, -0.1) is 0 Å². The van der Waals surface area contributed by atoms with Gasteiger partial charge in [-0.25, -0.2) is 4.39 Å². The fourth-order valence-electron chi connectivity index (χ4n) is 2.60. The minimum atomic E-state index is -0.158. The van der Waals surface area contributed by atoms with E-state index in [1.807, 2.05) is 7.05 Å². The van der Waals surface area contributed by atoms with Gasteiger partial charge < -0.3 is 5.32 Å². The SMILES string of the molecule is CCCCC(CC)C(Cc1cc(F)ccc1Br)NC. The summed E-state index contributed by atoms with van der Waals surface area (Å²) < 4.78 is 14.3. The van der Waals surface area contributed by atoms with E-state index in [1.54, 1.807) is 12.1 Å². The molecule has 0 aliphatic rings. The van der Waals surface area contributed by atoms with Crippen LogP contribution in [0.3, 0.4) is 0 Å². The molecular weight excluding hydrogens is 305 g/mol. The molecule has 108 valence electrons. The number of unbranched alkanes of at least 4 members (excludes halogenated alkanes) is 1. The molecule has 1 N–H and O–H groups in total. The second kappa shape index (κ2) is 8.70. The first kappa shape index (κ1) is 16.6. The third-order valence-electron chi connectivity index (χ3n) is 3.84. The van der Waals surface area contributed by atoms with Crippen molar-refractivity contribution in [2.24, 2.45) is 5.92 Å². The maximum Gasteiger partial charge on any atom is 0.123 e. The summed E-state index contributed by atoms with van der Waals surface area (Å²) in [5, 5.41) is 3.41. The maximum absolute atomic E-state index is 13.3. The Kier molecular flexibility index (Phi) is 7.62. The Morgan fingerprint density at radius 3 is 2.63 bits per heavy atom. The van der Waals surface area contributed by atoms with Gasteiger partial charge in [-0.3, -0.25) is 0 Å². The van der Waals surface area contributed by atoms with E-state index in [4.69, 9.17) is 0 Å². The molecule has 1 rings (SSSR count). The summed E-state index contributed by atoms with van der Waals surface area (Å²) in [4.78, 5) is 0. The molecule has 1 aromatic carbocycles. The number of rotatable bonds is 8. The summed E-state index contributed by atoms with van der Waals surface area (Å²) in [6, 6.07) is 5.34. The maximum atomic E-state index is 13.3. The second-order valence-corrected chi connectivity index (χ2v) is 6.00. The fourth-order valence-corrected chi connectivity index (χ4v) is 3.01. The van der Waals surface area contributed by atoms with Crippen molar-refractivity contribution in [2.75, 3.05) is 7.05 Å². The minimum absolute atomic E-state index is 0.158. The van der Waals surface area contributed by atoms with E-state index in [0.29, 0.717) is 12.0 Å². The number of likely N-dealkylation sites (N-methyl/N-ethyl adjacent to an activating group) is 1. The van der Waals surface area contributed by atoms with Crippen LogP contribution in [0.15, 0.2) is 22.7 Å². The number of hydrogen-bond acceptors (Lipinski definition) is 1.